The third-order valence-electron chi connectivity index (χ3n) is 4.85. The number of fused-ring (bicyclic) bond motifs is 1. The van der Waals surface area contributed by atoms with Gasteiger partial charge in [-0.1, -0.05) is 48.2 Å². The Morgan fingerprint density at radius 3 is 2.59 bits per heavy atom. The molecule has 0 radical (unpaired) electrons. The Hall–Kier alpha value is -3.80. The fourth-order valence-corrected chi connectivity index (χ4v) is 4.09. The molecule has 3 amide bonds. The molecule has 4 rings (SSSR count). The number of imide groups is 1. The predicted molar refractivity (Wildman–Crippen MR) is 122 cm³/mol. The number of aryl methyl sites for hydroxylation is 1. The molecule has 8 nitrogen and oxygen atoms in total. The molecule has 2 aromatic carbocycles. The second-order valence-corrected chi connectivity index (χ2v) is 8.25. The average Bonchev–Trinajstić information content (AvgIpc) is 3.40. The number of halogens is 3. The second kappa shape index (κ2) is 9.59. The number of aromatic nitrogens is 4. The van der Waals surface area contributed by atoms with E-state index in [2.05, 4.69) is 15.2 Å². The van der Waals surface area contributed by atoms with Crippen molar-refractivity contribution in [2.24, 2.45) is 0 Å². The van der Waals surface area contributed by atoms with E-state index in [1.54, 1.807) is 5.32 Å². The average molecular weight is 488 g/mol. The summed E-state index contributed by atoms with van der Waals surface area (Å²) in [7, 11) is 0. The zero-order valence-electron chi connectivity index (χ0n) is 17.8. The molecule has 0 saturated heterocycles. The Morgan fingerprint density at radius 2 is 1.82 bits per heavy atom. The molecule has 2 aromatic heterocycles. The van der Waals surface area contributed by atoms with Crippen LogP contribution in [0.15, 0.2) is 59.9 Å². The van der Waals surface area contributed by atoms with Crippen molar-refractivity contribution in [2.75, 3.05) is 12.3 Å². The van der Waals surface area contributed by atoms with Crippen molar-refractivity contribution in [2.45, 2.75) is 18.3 Å². The molecule has 176 valence electrons. The molecule has 12 heteroatoms. The predicted octanol–water partition coefficient (Wildman–Crippen LogP) is 4.20. The number of benzene rings is 2. The molecule has 0 aliphatic carbocycles. The molecule has 2 heterocycles. The van der Waals surface area contributed by atoms with Crippen LogP contribution in [0, 0.1) is 6.92 Å². The smallest absolute Gasteiger partial charge is 0.360 e. The van der Waals surface area contributed by atoms with Gasteiger partial charge in [0.2, 0.25) is 5.91 Å². The molecule has 0 unspecified atom stereocenters. The monoisotopic (exact) mass is 488 g/mol. The minimum Gasteiger partial charge on any atom is -0.360 e. The van der Waals surface area contributed by atoms with E-state index in [1.807, 2.05) is 71.5 Å². The number of aromatic amines is 1. The number of hydrogen-bond donors (Lipinski definition) is 3. The number of nitrogens with one attached hydrogen (secondary N) is 3. The molecule has 0 spiro atoms. The van der Waals surface area contributed by atoms with Crippen LogP contribution < -0.4 is 10.6 Å². The van der Waals surface area contributed by atoms with Crippen LogP contribution in [0.4, 0.5) is 18.0 Å². The van der Waals surface area contributed by atoms with Gasteiger partial charge in [0.1, 0.15) is 6.54 Å². The van der Waals surface area contributed by atoms with Gasteiger partial charge < -0.3 is 10.3 Å². The zero-order valence-corrected chi connectivity index (χ0v) is 18.6. The number of urea groups is 1. The highest BCUT2D eigenvalue weighted by atomic mass is 32.2. The number of nitrogens with zero attached hydrogens (tertiary/aromatic N) is 3. The number of rotatable bonds is 6. The maximum atomic E-state index is 12.2. The lowest BCUT2D eigenvalue weighted by Crippen LogP contribution is -2.43. The van der Waals surface area contributed by atoms with Crippen LogP contribution >= 0.6 is 11.8 Å². The SMILES string of the molecule is Cc1ccccc1-n1c(SCC(=O)NC(=O)NCC(F)(F)F)nnc1-c1c[nH]c2ccccc12. The zero-order chi connectivity index (χ0) is 24.3. The van der Waals surface area contributed by atoms with Gasteiger partial charge in [-0.05, 0) is 24.6 Å². The lowest BCUT2D eigenvalue weighted by Gasteiger charge is -2.12. The number of amides is 3. The minimum atomic E-state index is -4.57. The molecule has 4 aromatic rings. The van der Waals surface area contributed by atoms with Gasteiger partial charge in [0, 0.05) is 22.7 Å². The van der Waals surface area contributed by atoms with E-state index < -0.39 is 24.7 Å². The summed E-state index contributed by atoms with van der Waals surface area (Å²) >= 11 is 1.01. The first-order valence-corrected chi connectivity index (χ1v) is 11.1. The van der Waals surface area contributed by atoms with E-state index in [0.29, 0.717) is 11.0 Å². The van der Waals surface area contributed by atoms with Gasteiger partial charge >= 0.3 is 12.2 Å². The lowest BCUT2D eigenvalue weighted by molar-refractivity contribution is -0.124. The first-order chi connectivity index (χ1) is 16.2. The molecule has 0 bridgehead atoms. The van der Waals surface area contributed by atoms with Gasteiger partial charge in [0.15, 0.2) is 11.0 Å². The lowest BCUT2D eigenvalue weighted by atomic mass is 10.1. The summed E-state index contributed by atoms with van der Waals surface area (Å²) < 4.78 is 38.5. The van der Waals surface area contributed by atoms with Gasteiger partial charge in [0.25, 0.3) is 0 Å². The van der Waals surface area contributed by atoms with Crippen LogP contribution in [0.1, 0.15) is 5.56 Å². The first-order valence-electron chi connectivity index (χ1n) is 10.1. The number of carbonyl (C=O) groups is 2. The van der Waals surface area contributed by atoms with Crippen molar-refractivity contribution < 1.29 is 22.8 Å². The summed E-state index contributed by atoms with van der Waals surface area (Å²) in [6.45, 7) is 0.398. The van der Waals surface area contributed by atoms with Crippen molar-refractivity contribution in [1.29, 1.82) is 0 Å². The van der Waals surface area contributed by atoms with Gasteiger partial charge in [-0.2, -0.15) is 13.2 Å². The first kappa shape index (κ1) is 23.4. The van der Waals surface area contributed by atoms with E-state index in [4.69, 9.17) is 0 Å². The summed E-state index contributed by atoms with van der Waals surface area (Å²) in [5.74, 6) is -0.465. The normalized spacial score (nSPS) is 11.5. The van der Waals surface area contributed by atoms with Crippen LogP contribution in [0.3, 0.4) is 0 Å². The van der Waals surface area contributed by atoms with Crippen LogP contribution in [-0.4, -0.2) is 50.2 Å². The maximum Gasteiger partial charge on any atom is 0.405 e. The van der Waals surface area contributed by atoms with Crippen LogP contribution in [0.2, 0.25) is 0 Å². The van der Waals surface area contributed by atoms with Crippen molar-refractivity contribution in [3.63, 3.8) is 0 Å². The van der Waals surface area contributed by atoms with Gasteiger partial charge in [-0.25, -0.2) is 4.79 Å². The summed E-state index contributed by atoms with van der Waals surface area (Å²) in [5, 5.41) is 13.4. The van der Waals surface area contributed by atoms with E-state index >= 15 is 0 Å². The highest BCUT2D eigenvalue weighted by Gasteiger charge is 2.28. The topological polar surface area (TPSA) is 105 Å². The molecule has 0 saturated carbocycles. The third kappa shape index (κ3) is 5.22. The standard InChI is InChI=1S/C22H19F3N6O2S/c1-13-6-2-5-9-17(13)31-19(15-10-26-16-8-4-3-7-14(15)16)29-30-21(31)34-11-18(32)28-20(33)27-12-22(23,24)25/h2-10,26H,11-12H2,1H3,(H2,27,28,32,33). The highest BCUT2D eigenvalue weighted by Crippen LogP contribution is 2.33. The Kier molecular flexibility index (Phi) is 6.59. The number of hydrogen-bond acceptors (Lipinski definition) is 5. The van der Waals surface area contributed by atoms with Crippen molar-refractivity contribution >= 4 is 34.6 Å². The van der Waals surface area contributed by atoms with E-state index in [9.17, 15) is 22.8 Å². The molecule has 0 atom stereocenters. The Morgan fingerprint density at radius 1 is 1.09 bits per heavy atom. The van der Waals surface area contributed by atoms with Crippen LogP contribution in [0.5, 0.6) is 0 Å². The second-order valence-electron chi connectivity index (χ2n) is 7.31. The number of thioether (sulfide) groups is 1. The van der Waals surface area contributed by atoms with E-state index in [1.165, 1.54) is 0 Å². The summed E-state index contributed by atoms with van der Waals surface area (Å²) in [6, 6.07) is 14.1. The highest BCUT2D eigenvalue weighted by molar-refractivity contribution is 7.99. The molecular formula is C22H19F3N6O2S. The van der Waals surface area contributed by atoms with Gasteiger partial charge in [0.05, 0.1) is 11.4 Å². The van der Waals surface area contributed by atoms with E-state index in [0.717, 1.165) is 39.5 Å². The van der Waals surface area contributed by atoms with Gasteiger partial charge in [-0.3, -0.25) is 14.7 Å². The minimum absolute atomic E-state index is 0.253. The Balaban J connectivity index is 1.59. The van der Waals surface area contributed by atoms with Crippen LogP contribution in [0.25, 0.3) is 28.0 Å². The number of H-pyrrole nitrogens is 1. The molecule has 0 aliphatic heterocycles. The molecule has 0 fully saturated rings. The number of alkyl halides is 3. The van der Waals surface area contributed by atoms with E-state index in [-0.39, 0.29) is 5.75 Å². The molecule has 34 heavy (non-hydrogen) atoms. The van der Waals surface area contributed by atoms with Crippen molar-refractivity contribution in [1.82, 2.24) is 30.4 Å². The summed E-state index contributed by atoms with van der Waals surface area (Å²) in [4.78, 5) is 26.9. The Labute approximate surface area is 195 Å². The summed E-state index contributed by atoms with van der Waals surface area (Å²) in [5.41, 5.74) is 3.49. The molecule has 3 N–H and O–H groups in total. The van der Waals surface area contributed by atoms with Crippen LogP contribution in [-0.2, 0) is 4.79 Å². The maximum absolute atomic E-state index is 12.2. The molecular weight excluding hydrogens is 469 g/mol. The third-order valence-corrected chi connectivity index (χ3v) is 5.78. The Bertz CT molecular complexity index is 1350. The fraction of sp³-hybridized carbons (Fsp3) is 0.182. The summed E-state index contributed by atoms with van der Waals surface area (Å²) in [6.07, 6.45) is -2.74. The number of carbonyl (C=O) groups excluding carboxylic acids is 2. The number of para-hydroxylation sites is 2. The van der Waals surface area contributed by atoms with Crippen molar-refractivity contribution in [3.8, 4) is 17.1 Å². The largest absolute Gasteiger partial charge is 0.405 e. The van der Waals surface area contributed by atoms with Crippen molar-refractivity contribution in [3.05, 3.63) is 60.3 Å². The molecule has 0 aliphatic rings. The fourth-order valence-electron chi connectivity index (χ4n) is 3.34. The quantitative estimate of drug-likeness (QED) is 0.353. The van der Waals surface area contributed by atoms with Gasteiger partial charge in [-0.15, -0.1) is 10.2 Å².